The zero-order valence-electron chi connectivity index (χ0n) is 18.8. The molecule has 1 heterocycles. The minimum atomic E-state index is -0.261. The number of anilines is 1. The first kappa shape index (κ1) is 24.5. The molecule has 0 fully saturated rings. The zero-order valence-corrected chi connectivity index (χ0v) is 20.3. The number of benzene rings is 2. The molecule has 9 heteroatoms. The number of hydrogen-bond acceptors (Lipinski definition) is 5. The summed E-state index contributed by atoms with van der Waals surface area (Å²) >= 11 is 7.41. The first-order valence-electron chi connectivity index (χ1n) is 10.5. The van der Waals surface area contributed by atoms with E-state index in [1.807, 2.05) is 61.7 Å². The Kier molecular flexibility index (Phi) is 8.68. The molecule has 2 N–H and O–H groups in total. The van der Waals surface area contributed by atoms with Gasteiger partial charge < -0.3 is 15.2 Å². The van der Waals surface area contributed by atoms with Gasteiger partial charge in [0.25, 0.3) is 0 Å². The number of rotatable bonds is 9. The number of aromatic nitrogens is 3. The SMILES string of the molecule is CCn1c(CNC(=O)/C=C/c2ccccc2Cl)nnc1SCC(=O)Nc1cc(C)ccc1C. The topological polar surface area (TPSA) is 88.9 Å². The lowest BCUT2D eigenvalue weighted by atomic mass is 10.1. The normalized spacial score (nSPS) is 11.0. The molecule has 0 saturated carbocycles. The Hall–Kier alpha value is -3.10. The maximum Gasteiger partial charge on any atom is 0.244 e. The number of thioether (sulfide) groups is 1. The lowest BCUT2D eigenvalue weighted by Crippen LogP contribution is -2.22. The largest absolute Gasteiger partial charge is 0.345 e. The molecule has 0 spiro atoms. The molecule has 172 valence electrons. The highest BCUT2D eigenvalue weighted by molar-refractivity contribution is 7.99. The average Bonchev–Trinajstić information content (AvgIpc) is 3.20. The first-order chi connectivity index (χ1) is 15.9. The van der Waals surface area contributed by atoms with E-state index >= 15 is 0 Å². The summed E-state index contributed by atoms with van der Waals surface area (Å²) in [7, 11) is 0. The van der Waals surface area contributed by atoms with Gasteiger partial charge in [0.15, 0.2) is 11.0 Å². The van der Waals surface area contributed by atoms with Crippen molar-refractivity contribution in [2.24, 2.45) is 0 Å². The fourth-order valence-corrected chi connectivity index (χ4v) is 4.08. The van der Waals surface area contributed by atoms with Crippen molar-refractivity contribution in [3.8, 4) is 0 Å². The van der Waals surface area contributed by atoms with Crippen molar-refractivity contribution in [3.05, 3.63) is 76.1 Å². The Labute approximate surface area is 202 Å². The van der Waals surface area contributed by atoms with E-state index in [0.29, 0.717) is 22.5 Å². The lowest BCUT2D eigenvalue weighted by molar-refractivity contribution is -0.116. The Morgan fingerprint density at radius 2 is 1.94 bits per heavy atom. The number of nitrogens with zero attached hydrogens (tertiary/aromatic N) is 3. The van der Waals surface area contributed by atoms with Crippen LogP contribution in [0.3, 0.4) is 0 Å². The van der Waals surface area contributed by atoms with Crippen LogP contribution in [-0.4, -0.2) is 32.3 Å². The Morgan fingerprint density at radius 1 is 1.15 bits per heavy atom. The van der Waals surface area contributed by atoms with E-state index in [9.17, 15) is 9.59 Å². The molecule has 2 amide bonds. The van der Waals surface area contributed by atoms with Gasteiger partial charge in [-0.1, -0.05) is 53.7 Å². The van der Waals surface area contributed by atoms with E-state index in [0.717, 1.165) is 22.4 Å². The number of hydrogen-bond donors (Lipinski definition) is 2. The van der Waals surface area contributed by atoms with E-state index in [1.165, 1.54) is 17.8 Å². The molecule has 0 radical (unpaired) electrons. The molecule has 3 rings (SSSR count). The molecule has 2 aromatic carbocycles. The van der Waals surface area contributed by atoms with Crippen molar-refractivity contribution >= 4 is 46.9 Å². The van der Waals surface area contributed by atoms with Crippen molar-refractivity contribution < 1.29 is 9.59 Å². The quantitative estimate of drug-likeness (QED) is 0.342. The maximum atomic E-state index is 12.4. The van der Waals surface area contributed by atoms with Gasteiger partial charge in [0, 0.05) is 23.3 Å². The van der Waals surface area contributed by atoms with Gasteiger partial charge in [-0.15, -0.1) is 10.2 Å². The molecule has 0 saturated heterocycles. The van der Waals surface area contributed by atoms with Crippen LogP contribution in [0.15, 0.2) is 53.7 Å². The molecule has 33 heavy (non-hydrogen) atoms. The van der Waals surface area contributed by atoms with Gasteiger partial charge >= 0.3 is 0 Å². The van der Waals surface area contributed by atoms with Gasteiger partial charge in [-0.05, 0) is 55.7 Å². The molecular weight excluding hydrogens is 458 g/mol. The minimum absolute atomic E-state index is 0.112. The summed E-state index contributed by atoms with van der Waals surface area (Å²) < 4.78 is 1.88. The summed E-state index contributed by atoms with van der Waals surface area (Å²) in [6.07, 6.45) is 3.10. The van der Waals surface area contributed by atoms with Gasteiger partial charge in [0.2, 0.25) is 11.8 Å². The standard InChI is InChI=1S/C24H26ClN5O2S/c1-4-30-21(14-26-22(31)12-11-18-7-5-6-8-19(18)25)28-29-24(30)33-15-23(32)27-20-13-16(2)9-10-17(20)3/h5-13H,4,14-15H2,1-3H3,(H,26,31)(H,27,32)/b12-11+. The predicted molar refractivity (Wildman–Crippen MR) is 133 cm³/mol. The van der Waals surface area contributed by atoms with Crippen LogP contribution in [-0.2, 0) is 22.7 Å². The summed E-state index contributed by atoms with van der Waals surface area (Å²) in [5.41, 5.74) is 3.68. The molecule has 0 aliphatic rings. The van der Waals surface area contributed by atoms with Crippen molar-refractivity contribution in [2.75, 3.05) is 11.1 Å². The molecular formula is C24H26ClN5O2S. The highest BCUT2D eigenvalue weighted by Crippen LogP contribution is 2.20. The maximum absolute atomic E-state index is 12.4. The number of amides is 2. The van der Waals surface area contributed by atoms with Crippen molar-refractivity contribution in [1.82, 2.24) is 20.1 Å². The molecule has 0 unspecified atom stereocenters. The van der Waals surface area contributed by atoms with Gasteiger partial charge in [0.05, 0.1) is 12.3 Å². The fraction of sp³-hybridized carbons (Fsp3) is 0.250. The van der Waals surface area contributed by atoms with Crippen molar-refractivity contribution in [2.45, 2.75) is 39.0 Å². The van der Waals surface area contributed by atoms with E-state index in [-0.39, 0.29) is 24.1 Å². The van der Waals surface area contributed by atoms with Crippen molar-refractivity contribution in [3.63, 3.8) is 0 Å². The first-order valence-corrected chi connectivity index (χ1v) is 11.9. The Morgan fingerprint density at radius 3 is 2.70 bits per heavy atom. The molecule has 3 aromatic rings. The number of aryl methyl sites for hydroxylation is 2. The van der Waals surface area contributed by atoms with Gasteiger partial charge in [-0.2, -0.15) is 0 Å². The van der Waals surface area contributed by atoms with Crippen LogP contribution < -0.4 is 10.6 Å². The van der Waals surface area contributed by atoms with Gasteiger partial charge in [-0.25, -0.2) is 0 Å². The summed E-state index contributed by atoms with van der Waals surface area (Å²) in [4.78, 5) is 24.6. The van der Waals surface area contributed by atoms with Crippen LogP contribution >= 0.6 is 23.4 Å². The summed E-state index contributed by atoms with van der Waals surface area (Å²) in [6.45, 7) is 6.75. The van der Waals surface area contributed by atoms with Gasteiger partial charge in [-0.3, -0.25) is 9.59 Å². The third-order valence-electron chi connectivity index (χ3n) is 4.85. The summed E-state index contributed by atoms with van der Waals surface area (Å²) in [6, 6.07) is 13.2. The Balaban J connectivity index is 1.55. The van der Waals surface area contributed by atoms with Crippen LogP contribution in [0.5, 0.6) is 0 Å². The number of nitrogens with one attached hydrogen (secondary N) is 2. The van der Waals surface area contributed by atoms with E-state index in [1.54, 1.807) is 12.1 Å². The van der Waals surface area contributed by atoms with Crippen LogP contribution in [0.4, 0.5) is 5.69 Å². The van der Waals surface area contributed by atoms with Crippen LogP contribution in [0.2, 0.25) is 5.02 Å². The smallest absolute Gasteiger partial charge is 0.244 e. The average molecular weight is 484 g/mol. The lowest BCUT2D eigenvalue weighted by Gasteiger charge is -2.10. The second-order valence-corrected chi connectivity index (χ2v) is 8.72. The third kappa shape index (κ3) is 6.94. The number of halogens is 1. The van der Waals surface area contributed by atoms with Crippen LogP contribution in [0.25, 0.3) is 6.08 Å². The highest BCUT2D eigenvalue weighted by atomic mass is 35.5. The van der Waals surface area contributed by atoms with E-state index in [4.69, 9.17) is 11.6 Å². The molecule has 0 atom stereocenters. The van der Waals surface area contributed by atoms with Crippen LogP contribution in [0, 0.1) is 13.8 Å². The molecule has 7 nitrogen and oxygen atoms in total. The zero-order chi connectivity index (χ0) is 23.8. The van der Waals surface area contributed by atoms with Gasteiger partial charge in [0.1, 0.15) is 0 Å². The second-order valence-electron chi connectivity index (χ2n) is 7.37. The van der Waals surface area contributed by atoms with Crippen LogP contribution in [0.1, 0.15) is 29.4 Å². The monoisotopic (exact) mass is 483 g/mol. The molecule has 0 aliphatic heterocycles. The predicted octanol–water partition coefficient (Wildman–Crippen LogP) is 4.63. The Bertz CT molecular complexity index is 1180. The van der Waals surface area contributed by atoms with E-state index in [2.05, 4.69) is 20.8 Å². The fourth-order valence-electron chi connectivity index (χ4n) is 3.06. The molecule has 0 aliphatic carbocycles. The minimum Gasteiger partial charge on any atom is -0.345 e. The summed E-state index contributed by atoms with van der Waals surface area (Å²) in [5.74, 6) is 0.453. The third-order valence-corrected chi connectivity index (χ3v) is 6.16. The molecule has 0 bridgehead atoms. The molecule has 1 aromatic heterocycles. The second kappa shape index (κ2) is 11.7. The van der Waals surface area contributed by atoms with E-state index < -0.39 is 0 Å². The van der Waals surface area contributed by atoms with Crippen molar-refractivity contribution in [1.29, 1.82) is 0 Å². The summed E-state index contributed by atoms with van der Waals surface area (Å²) in [5, 5.41) is 15.3. The number of carbonyl (C=O) groups excluding carboxylic acids is 2. The number of carbonyl (C=O) groups is 2. The highest BCUT2D eigenvalue weighted by Gasteiger charge is 2.14.